The standard InChI is InChI=1S/C13H24N2O/c1-8(2)15(9(3)4)13-11-6-5-10(7-11)12(13)14-16/h8-11,13,16H,5-7H2,1-4H3/b14-12+/t10-,11-,13-/m0/s1. The summed E-state index contributed by atoms with van der Waals surface area (Å²) >= 11 is 0. The van der Waals surface area contributed by atoms with Gasteiger partial charge in [-0.3, -0.25) is 4.90 Å². The van der Waals surface area contributed by atoms with E-state index in [4.69, 9.17) is 0 Å². The first-order valence-electron chi connectivity index (χ1n) is 6.55. The van der Waals surface area contributed by atoms with E-state index < -0.39 is 0 Å². The molecule has 0 heterocycles. The molecule has 2 aliphatic carbocycles. The molecule has 3 heteroatoms. The van der Waals surface area contributed by atoms with Gasteiger partial charge in [0.05, 0.1) is 11.8 Å². The van der Waals surface area contributed by atoms with Gasteiger partial charge in [-0.05, 0) is 52.9 Å². The zero-order chi connectivity index (χ0) is 11.9. The molecule has 2 aliphatic rings. The summed E-state index contributed by atoms with van der Waals surface area (Å²) < 4.78 is 0. The quantitative estimate of drug-likeness (QED) is 0.591. The second-order valence-electron chi connectivity index (χ2n) is 5.87. The van der Waals surface area contributed by atoms with Crippen LogP contribution in [0.2, 0.25) is 0 Å². The average Bonchev–Trinajstić information content (AvgIpc) is 2.76. The lowest BCUT2D eigenvalue weighted by Gasteiger charge is -2.40. The van der Waals surface area contributed by atoms with Crippen molar-refractivity contribution < 1.29 is 5.21 Å². The summed E-state index contributed by atoms with van der Waals surface area (Å²) in [7, 11) is 0. The van der Waals surface area contributed by atoms with Crippen LogP contribution < -0.4 is 0 Å². The highest BCUT2D eigenvalue weighted by Crippen LogP contribution is 2.45. The predicted molar refractivity (Wildman–Crippen MR) is 66.0 cm³/mol. The third-order valence-electron chi connectivity index (χ3n) is 4.27. The normalized spacial score (nSPS) is 36.2. The topological polar surface area (TPSA) is 35.8 Å². The molecule has 0 aromatic rings. The molecular formula is C13H24N2O. The molecule has 1 N–H and O–H groups in total. The van der Waals surface area contributed by atoms with Crippen molar-refractivity contribution in [3.63, 3.8) is 0 Å². The van der Waals surface area contributed by atoms with Gasteiger partial charge >= 0.3 is 0 Å². The van der Waals surface area contributed by atoms with Crippen LogP contribution in [-0.2, 0) is 0 Å². The first kappa shape index (κ1) is 11.9. The van der Waals surface area contributed by atoms with Gasteiger partial charge in [-0.2, -0.15) is 0 Å². The van der Waals surface area contributed by atoms with Crippen LogP contribution in [0.1, 0.15) is 47.0 Å². The highest BCUT2D eigenvalue weighted by molar-refractivity contribution is 5.94. The van der Waals surface area contributed by atoms with Crippen LogP contribution in [0.4, 0.5) is 0 Å². The summed E-state index contributed by atoms with van der Waals surface area (Å²) in [5.74, 6) is 1.28. The lowest BCUT2D eigenvalue weighted by molar-refractivity contribution is 0.115. The van der Waals surface area contributed by atoms with Gasteiger partial charge in [-0.15, -0.1) is 0 Å². The maximum atomic E-state index is 9.23. The van der Waals surface area contributed by atoms with Gasteiger partial charge in [-0.1, -0.05) is 5.16 Å². The fourth-order valence-corrected chi connectivity index (χ4v) is 3.83. The average molecular weight is 224 g/mol. The molecule has 2 rings (SSSR count). The molecule has 2 bridgehead atoms. The lowest BCUT2D eigenvalue weighted by atomic mass is 9.90. The van der Waals surface area contributed by atoms with Crippen molar-refractivity contribution in [2.75, 3.05) is 0 Å². The minimum Gasteiger partial charge on any atom is -0.411 e. The van der Waals surface area contributed by atoms with Gasteiger partial charge in [0, 0.05) is 18.0 Å². The number of nitrogens with zero attached hydrogens (tertiary/aromatic N) is 2. The van der Waals surface area contributed by atoms with Crippen molar-refractivity contribution in [3.8, 4) is 0 Å². The van der Waals surface area contributed by atoms with Crippen LogP contribution in [0.5, 0.6) is 0 Å². The smallest absolute Gasteiger partial charge is 0.0775 e. The molecule has 16 heavy (non-hydrogen) atoms. The molecule has 0 aliphatic heterocycles. The van der Waals surface area contributed by atoms with E-state index in [0.717, 1.165) is 11.6 Å². The van der Waals surface area contributed by atoms with Gasteiger partial charge in [0.15, 0.2) is 0 Å². The molecule has 0 spiro atoms. The molecule has 0 amide bonds. The molecule has 3 nitrogen and oxygen atoms in total. The first-order chi connectivity index (χ1) is 7.56. The summed E-state index contributed by atoms with van der Waals surface area (Å²) in [6.07, 6.45) is 3.77. The minimum absolute atomic E-state index is 0.392. The Bertz CT molecular complexity index is 278. The van der Waals surface area contributed by atoms with Gasteiger partial charge in [0.25, 0.3) is 0 Å². The monoisotopic (exact) mass is 224 g/mol. The molecule has 0 radical (unpaired) electrons. The Hall–Kier alpha value is -0.570. The molecule has 0 saturated heterocycles. The van der Waals surface area contributed by atoms with Crippen molar-refractivity contribution in [2.24, 2.45) is 17.0 Å². The maximum absolute atomic E-state index is 9.23. The Morgan fingerprint density at radius 3 is 2.31 bits per heavy atom. The van der Waals surface area contributed by atoms with Crippen LogP contribution in [0.3, 0.4) is 0 Å². The van der Waals surface area contributed by atoms with Crippen LogP contribution in [0.25, 0.3) is 0 Å². The molecule has 0 unspecified atom stereocenters. The molecular weight excluding hydrogens is 200 g/mol. The largest absolute Gasteiger partial charge is 0.411 e. The van der Waals surface area contributed by atoms with E-state index in [9.17, 15) is 5.21 Å². The van der Waals surface area contributed by atoms with Crippen molar-refractivity contribution in [1.82, 2.24) is 4.90 Å². The van der Waals surface area contributed by atoms with E-state index in [1.807, 2.05) is 0 Å². The van der Waals surface area contributed by atoms with E-state index in [1.54, 1.807) is 0 Å². The van der Waals surface area contributed by atoms with Crippen LogP contribution in [0, 0.1) is 11.8 Å². The Morgan fingerprint density at radius 1 is 1.19 bits per heavy atom. The summed E-state index contributed by atoms with van der Waals surface area (Å²) in [5, 5.41) is 12.8. The molecule has 2 fully saturated rings. The fraction of sp³-hybridized carbons (Fsp3) is 0.923. The van der Waals surface area contributed by atoms with E-state index in [0.29, 0.717) is 24.0 Å². The molecule has 0 aromatic carbocycles. The van der Waals surface area contributed by atoms with Crippen molar-refractivity contribution >= 4 is 5.71 Å². The number of fused-ring (bicyclic) bond motifs is 2. The second-order valence-corrected chi connectivity index (χ2v) is 5.87. The van der Waals surface area contributed by atoms with E-state index in [2.05, 4.69) is 37.8 Å². The summed E-state index contributed by atoms with van der Waals surface area (Å²) in [6, 6.07) is 1.42. The van der Waals surface area contributed by atoms with E-state index in [1.165, 1.54) is 19.3 Å². The van der Waals surface area contributed by atoms with Crippen molar-refractivity contribution in [1.29, 1.82) is 0 Å². The van der Waals surface area contributed by atoms with E-state index in [-0.39, 0.29) is 0 Å². The Balaban J connectivity index is 2.24. The maximum Gasteiger partial charge on any atom is 0.0775 e. The summed E-state index contributed by atoms with van der Waals surface area (Å²) in [5.41, 5.74) is 1.05. The minimum atomic E-state index is 0.392. The summed E-state index contributed by atoms with van der Waals surface area (Å²) in [6.45, 7) is 8.95. The second kappa shape index (κ2) is 4.36. The lowest BCUT2D eigenvalue weighted by Crippen LogP contribution is -2.51. The number of rotatable bonds is 3. The van der Waals surface area contributed by atoms with Crippen LogP contribution in [-0.4, -0.2) is 33.9 Å². The molecule has 3 atom stereocenters. The summed E-state index contributed by atoms with van der Waals surface area (Å²) in [4.78, 5) is 2.51. The van der Waals surface area contributed by atoms with Crippen molar-refractivity contribution in [3.05, 3.63) is 0 Å². The van der Waals surface area contributed by atoms with Gasteiger partial charge < -0.3 is 5.21 Å². The van der Waals surface area contributed by atoms with Crippen LogP contribution >= 0.6 is 0 Å². The zero-order valence-electron chi connectivity index (χ0n) is 10.8. The van der Waals surface area contributed by atoms with Crippen LogP contribution in [0.15, 0.2) is 5.16 Å². The third kappa shape index (κ3) is 1.75. The Morgan fingerprint density at radius 2 is 1.81 bits per heavy atom. The SMILES string of the molecule is CC(C)N(C(C)C)[C@@H]1/C(=N/O)[C@H]2CC[C@H]1C2. The van der Waals surface area contributed by atoms with Gasteiger partial charge in [-0.25, -0.2) is 0 Å². The zero-order valence-corrected chi connectivity index (χ0v) is 10.8. The number of hydrogen-bond acceptors (Lipinski definition) is 3. The third-order valence-corrected chi connectivity index (χ3v) is 4.27. The predicted octanol–water partition coefficient (Wildman–Crippen LogP) is 2.73. The number of oxime groups is 1. The molecule has 2 saturated carbocycles. The highest BCUT2D eigenvalue weighted by atomic mass is 16.4. The first-order valence-corrected chi connectivity index (χ1v) is 6.55. The fourth-order valence-electron chi connectivity index (χ4n) is 3.83. The number of hydrogen-bond donors (Lipinski definition) is 1. The van der Waals surface area contributed by atoms with Gasteiger partial charge in [0.2, 0.25) is 0 Å². The highest BCUT2D eigenvalue weighted by Gasteiger charge is 2.48. The van der Waals surface area contributed by atoms with Gasteiger partial charge in [0.1, 0.15) is 0 Å². The van der Waals surface area contributed by atoms with Crippen molar-refractivity contribution in [2.45, 2.75) is 65.1 Å². The molecule has 0 aromatic heterocycles. The molecule has 92 valence electrons. The Kier molecular flexibility index (Phi) is 3.24. The Labute approximate surface area is 98.5 Å². The van der Waals surface area contributed by atoms with E-state index >= 15 is 0 Å².